The Morgan fingerprint density at radius 3 is 2.56 bits per heavy atom. The molecule has 0 heterocycles. The Bertz CT molecular complexity index is 163. The predicted molar refractivity (Wildman–Crippen MR) is 39.2 cm³/mol. The summed E-state index contributed by atoms with van der Waals surface area (Å²) in [5, 5.41) is 0. The van der Waals surface area contributed by atoms with Gasteiger partial charge in [-0.25, -0.2) is 0 Å². The average Bonchev–Trinajstić information content (AvgIpc) is 2.19. The summed E-state index contributed by atoms with van der Waals surface area (Å²) in [6.07, 6.45) is 6.68. The molecule has 0 radical (unpaired) electrons. The van der Waals surface area contributed by atoms with Gasteiger partial charge >= 0.3 is 0 Å². The summed E-state index contributed by atoms with van der Waals surface area (Å²) in [4.78, 5) is 0. The van der Waals surface area contributed by atoms with E-state index < -0.39 is 0 Å². The van der Waals surface area contributed by atoms with Crippen molar-refractivity contribution in [2.24, 2.45) is 11.3 Å². The first-order valence-corrected chi connectivity index (χ1v) is 3.88. The SMILES string of the molecule is CC1(C)CC2CC=C1C2. The van der Waals surface area contributed by atoms with Crippen LogP contribution in [0.1, 0.15) is 33.1 Å². The Labute approximate surface area is 57.0 Å². The van der Waals surface area contributed by atoms with E-state index in [1.165, 1.54) is 19.3 Å². The molecular formula is C9H14. The van der Waals surface area contributed by atoms with E-state index in [4.69, 9.17) is 0 Å². The molecule has 0 aromatic heterocycles. The molecule has 2 aliphatic rings. The van der Waals surface area contributed by atoms with Crippen LogP contribution in [0.4, 0.5) is 0 Å². The van der Waals surface area contributed by atoms with Crippen molar-refractivity contribution in [1.29, 1.82) is 0 Å². The summed E-state index contributed by atoms with van der Waals surface area (Å²) in [7, 11) is 0. The van der Waals surface area contributed by atoms with Crippen LogP contribution in [-0.4, -0.2) is 0 Å². The summed E-state index contributed by atoms with van der Waals surface area (Å²) >= 11 is 0. The van der Waals surface area contributed by atoms with Crippen LogP contribution in [-0.2, 0) is 0 Å². The van der Waals surface area contributed by atoms with Crippen molar-refractivity contribution in [2.75, 3.05) is 0 Å². The highest BCUT2D eigenvalue weighted by atomic mass is 14.4. The first-order valence-electron chi connectivity index (χ1n) is 3.88. The van der Waals surface area contributed by atoms with Crippen molar-refractivity contribution in [3.05, 3.63) is 11.6 Å². The van der Waals surface area contributed by atoms with Crippen LogP contribution >= 0.6 is 0 Å². The van der Waals surface area contributed by atoms with Crippen molar-refractivity contribution in [3.63, 3.8) is 0 Å². The Morgan fingerprint density at radius 2 is 2.33 bits per heavy atom. The van der Waals surface area contributed by atoms with Gasteiger partial charge in [0.25, 0.3) is 0 Å². The molecule has 1 unspecified atom stereocenters. The van der Waals surface area contributed by atoms with Gasteiger partial charge < -0.3 is 0 Å². The molecule has 1 atom stereocenters. The summed E-state index contributed by atoms with van der Waals surface area (Å²) < 4.78 is 0. The molecule has 9 heavy (non-hydrogen) atoms. The van der Waals surface area contributed by atoms with Gasteiger partial charge in [-0.2, -0.15) is 0 Å². The lowest BCUT2D eigenvalue weighted by Gasteiger charge is -2.22. The van der Waals surface area contributed by atoms with Gasteiger partial charge in [0.05, 0.1) is 0 Å². The molecule has 0 N–H and O–H groups in total. The predicted octanol–water partition coefficient (Wildman–Crippen LogP) is 2.75. The fourth-order valence-electron chi connectivity index (χ4n) is 2.35. The monoisotopic (exact) mass is 122 g/mol. The third-order valence-corrected chi connectivity index (χ3v) is 2.87. The summed E-state index contributed by atoms with van der Waals surface area (Å²) in [6.45, 7) is 4.75. The molecule has 2 rings (SSSR count). The lowest BCUT2D eigenvalue weighted by Crippen LogP contribution is -2.10. The number of rotatable bonds is 0. The zero-order chi connectivity index (χ0) is 6.48. The van der Waals surface area contributed by atoms with E-state index in [0.29, 0.717) is 5.41 Å². The quantitative estimate of drug-likeness (QED) is 0.433. The van der Waals surface area contributed by atoms with Crippen LogP contribution < -0.4 is 0 Å². The van der Waals surface area contributed by atoms with E-state index in [0.717, 1.165) is 5.92 Å². The van der Waals surface area contributed by atoms with Gasteiger partial charge in [-0.3, -0.25) is 0 Å². The van der Waals surface area contributed by atoms with Crippen molar-refractivity contribution in [3.8, 4) is 0 Å². The Hall–Kier alpha value is -0.260. The number of fused-ring (bicyclic) bond motifs is 2. The molecule has 0 saturated heterocycles. The van der Waals surface area contributed by atoms with Gasteiger partial charge in [-0.05, 0) is 30.6 Å². The van der Waals surface area contributed by atoms with Crippen LogP contribution in [0.15, 0.2) is 11.6 Å². The number of allylic oxidation sites excluding steroid dienone is 2. The highest BCUT2D eigenvalue weighted by Crippen LogP contribution is 2.51. The molecule has 0 heteroatoms. The minimum Gasteiger partial charge on any atom is -0.0845 e. The minimum atomic E-state index is 0.572. The fraction of sp³-hybridized carbons (Fsp3) is 0.778. The summed E-state index contributed by atoms with van der Waals surface area (Å²) in [5.74, 6) is 1.02. The molecule has 2 bridgehead atoms. The maximum atomic E-state index is 2.45. The molecule has 0 aromatic carbocycles. The zero-order valence-electron chi connectivity index (χ0n) is 6.28. The summed E-state index contributed by atoms with van der Waals surface area (Å²) in [6, 6.07) is 0. The second-order valence-corrected chi connectivity index (χ2v) is 4.12. The van der Waals surface area contributed by atoms with Gasteiger partial charge in [0.2, 0.25) is 0 Å². The van der Waals surface area contributed by atoms with E-state index in [1.807, 2.05) is 0 Å². The highest BCUT2D eigenvalue weighted by molar-refractivity contribution is 5.24. The van der Waals surface area contributed by atoms with Crippen molar-refractivity contribution < 1.29 is 0 Å². The largest absolute Gasteiger partial charge is 0.0845 e. The van der Waals surface area contributed by atoms with Crippen molar-refractivity contribution in [2.45, 2.75) is 33.1 Å². The van der Waals surface area contributed by atoms with Crippen LogP contribution in [0.2, 0.25) is 0 Å². The smallest absolute Gasteiger partial charge is 0.0142 e. The van der Waals surface area contributed by atoms with Crippen LogP contribution in [0, 0.1) is 11.3 Å². The highest BCUT2D eigenvalue weighted by Gasteiger charge is 2.38. The maximum Gasteiger partial charge on any atom is -0.0142 e. The van der Waals surface area contributed by atoms with Gasteiger partial charge in [0.1, 0.15) is 0 Å². The number of hydrogen-bond donors (Lipinski definition) is 0. The molecular weight excluding hydrogens is 108 g/mol. The fourth-order valence-corrected chi connectivity index (χ4v) is 2.35. The first kappa shape index (κ1) is 5.52. The second kappa shape index (κ2) is 1.42. The molecule has 0 amide bonds. The Balaban J connectivity index is 2.34. The van der Waals surface area contributed by atoms with Gasteiger partial charge in [-0.15, -0.1) is 0 Å². The molecule has 0 spiro atoms. The van der Waals surface area contributed by atoms with E-state index in [9.17, 15) is 0 Å². The Kier molecular flexibility index (Phi) is 0.870. The third-order valence-electron chi connectivity index (χ3n) is 2.87. The minimum absolute atomic E-state index is 0.572. The molecule has 1 saturated carbocycles. The topological polar surface area (TPSA) is 0 Å². The average molecular weight is 122 g/mol. The molecule has 1 fully saturated rings. The lowest BCUT2D eigenvalue weighted by molar-refractivity contribution is 0.388. The van der Waals surface area contributed by atoms with Crippen LogP contribution in [0.5, 0.6) is 0 Å². The standard InChI is InChI=1S/C9H14/c1-9(2)6-7-3-4-8(9)5-7/h4,7H,3,5-6H2,1-2H3. The van der Waals surface area contributed by atoms with E-state index >= 15 is 0 Å². The Morgan fingerprint density at radius 1 is 1.56 bits per heavy atom. The van der Waals surface area contributed by atoms with Crippen molar-refractivity contribution >= 4 is 0 Å². The van der Waals surface area contributed by atoms with Gasteiger partial charge in [0.15, 0.2) is 0 Å². The van der Waals surface area contributed by atoms with Gasteiger partial charge in [-0.1, -0.05) is 25.5 Å². The maximum absolute atomic E-state index is 2.45. The second-order valence-electron chi connectivity index (χ2n) is 4.12. The first-order chi connectivity index (χ1) is 4.18. The lowest BCUT2D eigenvalue weighted by atomic mass is 9.83. The molecule has 2 aliphatic carbocycles. The van der Waals surface area contributed by atoms with E-state index in [2.05, 4.69) is 19.9 Å². The van der Waals surface area contributed by atoms with Crippen LogP contribution in [0.25, 0.3) is 0 Å². The van der Waals surface area contributed by atoms with Crippen LogP contribution in [0.3, 0.4) is 0 Å². The summed E-state index contributed by atoms with van der Waals surface area (Å²) in [5.41, 5.74) is 2.30. The van der Waals surface area contributed by atoms with Gasteiger partial charge in [0, 0.05) is 0 Å². The molecule has 0 aliphatic heterocycles. The third kappa shape index (κ3) is 0.654. The molecule has 0 aromatic rings. The van der Waals surface area contributed by atoms with Crippen molar-refractivity contribution in [1.82, 2.24) is 0 Å². The van der Waals surface area contributed by atoms with E-state index in [-0.39, 0.29) is 0 Å². The molecule has 0 nitrogen and oxygen atoms in total. The van der Waals surface area contributed by atoms with E-state index in [1.54, 1.807) is 5.57 Å². The normalized spacial score (nSPS) is 37.1. The molecule has 50 valence electrons. The zero-order valence-corrected chi connectivity index (χ0v) is 6.28. The number of hydrogen-bond acceptors (Lipinski definition) is 0.